The van der Waals surface area contributed by atoms with Crippen molar-refractivity contribution in [1.82, 2.24) is 29.3 Å². The maximum absolute atomic E-state index is 13.7. The minimum absolute atomic E-state index is 0.165. The first-order valence-electron chi connectivity index (χ1n) is 11.0. The quantitative estimate of drug-likeness (QED) is 0.415. The third kappa shape index (κ3) is 3.82. The zero-order chi connectivity index (χ0) is 24.0. The van der Waals surface area contributed by atoms with Gasteiger partial charge in [-0.2, -0.15) is 8.99 Å². The van der Waals surface area contributed by atoms with Gasteiger partial charge in [-0.25, -0.2) is 22.8 Å². The Kier molecular flexibility index (Phi) is 5.22. The molecule has 0 radical (unpaired) electrons. The Morgan fingerprint density at radius 2 is 1.71 bits per heavy atom. The molecule has 4 heterocycles. The molecule has 0 atom stereocenters. The monoisotopic (exact) mass is 497 g/mol. The van der Waals surface area contributed by atoms with Crippen molar-refractivity contribution in [2.45, 2.75) is 4.90 Å². The summed E-state index contributed by atoms with van der Waals surface area (Å²) in [7, 11) is -3.71. The third-order valence-corrected chi connectivity index (χ3v) is 7.86. The number of hydrogen-bond donors (Lipinski definition) is 0. The number of ether oxygens (including phenoxy) is 2. The van der Waals surface area contributed by atoms with E-state index in [2.05, 4.69) is 20.3 Å². The topological polar surface area (TPSA) is 116 Å². The lowest BCUT2D eigenvalue weighted by Crippen LogP contribution is -2.49. The normalized spacial score (nSPS) is 16.5. The Morgan fingerprint density at radius 3 is 2.51 bits per heavy atom. The summed E-state index contributed by atoms with van der Waals surface area (Å²) in [5, 5.41) is 8.36. The second kappa shape index (κ2) is 8.43. The molecule has 2 aliphatic rings. The van der Waals surface area contributed by atoms with E-state index in [0.29, 0.717) is 60.5 Å². The molecule has 4 aromatic rings. The molecule has 0 aliphatic carbocycles. The molecule has 2 aromatic carbocycles. The molecule has 2 aromatic heterocycles. The molecular weight excluding hydrogens is 477 g/mol. The van der Waals surface area contributed by atoms with Crippen molar-refractivity contribution in [3.63, 3.8) is 0 Å². The maximum atomic E-state index is 13.7. The number of halogens is 1. The highest BCUT2D eigenvalue weighted by Crippen LogP contribution is 2.33. The molecule has 1 saturated heterocycles. The summed E-state index contributed by atoms with van der Waals surface area (Å²) in [4.78, 5) is 10.8. The van der Waals surface area contributed by atoms with Crippen LogP contribution in [-0.4, -0.2) is 77.1 Å². The second-order valence-electron chi connectivity index (χ2n) is 8.05. The standard InChI is InChI=1S/C22H20FN7O4S/c23-15-2-1-3-16(12-15)30-22-20(26-27-30)21(24-14-25-22)28-6-8-29(9-7-28)35(31,32)17-4-5-18-19(13-17)34-11-10-33-18/h1-5,12-14H,6-11H2. The first kappa shape index (κ1) is 21.7. The van der Waals surface area contributed by atoms with Gasteiger partial charge in [-0.1, -0.05) is 11.3 Å². The third-order valence-electron chi connectivity index (χ3n) is 5.96. The van der Waals surface area contributed by atoms with Gasteiger partial charge >= 0.3 is 0 Å². The number of rotatable bonds is 4. The van der Waals surface area contributed by atoms with Gasteiger partial charge in [-0.15, -0.1) is 5.10 Å². The fraction of sp³-hybridized carbons (Fsp3) is 0.273. The van der Waals surface area contributed by atoms with E-state index in [1.165, 1.54) is 39.6 Å². The number of hydrogen-bond acceptors (Lipinski definition) is 9. The van der Waals surface area contributed by atoms with E-state index in [9.17, 15) is 12.8 Å². The van der Waals surface area contributed by atoms with Crippen molar-refractivity contribution >= 4 is 27.0 Å². The summed E-state index contributed by atoms with van der Waals surface area (Å²) in [6, 6.07) is 10.7. The predicted octanol–water partition coefficient (Wildman–Crippen LogP) is 1.63. The number of sulfonamides is 1. The van der Waals surface area contributed by atoms with E-state index in [1.54, 1.807) is 18.2 Å². The van der Waals surface area contributed by atoms with Crippen molar-refractivity contribution in [3.05, 3.63) is 54.6 Å². The van der Waals surface area contributed by atoms with Crippen molar-refractivity contribution in [1.29, 1.82) is 0 Å². The lowest BCUT2D eigenvalue weighted by atomic mass is 10.3. The summed E-state index contributed by atoms with van der Waals surface area (Å²) >= 11 is 0. The lowest BCUT2D eigenvalue weighted by Gasteiger charge is -2.34. The SMILES string of the molecule is O=S(=O)(c1ccc2c(c1)OCCO2)N1CCN(c2ncnc3c2nnn3-c2cccc(F)c2)CC1. The number of piperazine rings is 1. The van der Waals surface area contributed by atoms with Gasteiger partial charge < -0.3 is 14.4 Å². The summed E-state index contributed by atoms with van der Waals surface area (Å²) in [5.74, 6) is 1.13. The van der Waals surface area contributed by atoms with E-state index in [-0.39, 0.29) is 18.0 Å². The average molecular weight is 498 g/mol. The lowest BCUT2D eigenvalue weighted by molar-refractivity contribution is 0.171. The minimum atomic E-state index is -3.71. The van der Waals surface area contributed by atoms with Gasteiger partial charge in [0, 0.05) is 32.2 Å². The molecule has 0 spiro atoms. The van der Waals surface area contributed by atoms with Gasteiger partial charge in [0.15, 0.2) is 28.5 Å². The fourth-order valence-corrected chi connectivity index (χ4v) is 5.66. The van der Waals surface area contributed by atoms with Crippen LogP contribution in [0.1, 0.15) is 0 Å². The highest BCUT2D eigenvalue weighted by atomic mass is 32.2. The Balaban J connectivity index is 1.23. The number of nitrogens with zero attached hydrogens (tertiary/aromatic N) is 7. The van der Waals surface area contributed by atoms with E-state index in [0.717, 1.165) is 0 Å². The van der Waals surface area contributed by atoms with Gasteiger partial charge in [0.1, 0.15) is 25.4 Å². The molecular formula is C22H20FN7O4S. The van der Waals surface area contributed by atoms with E-state index < -0.39 is 15.8 Å². The van der Waals surface area contributed by atoms with Crippen molar-refractivity contribution < 1.29 is 22.3 Å². The van der Waals surface area contributed by atoms with Crippen LogP contribution in [0.5, 0.6) is 11.5 Å². The van der Waals surface area contributed by atoms with Gasteiger partial charge in [-0.05, 0) is 30.3 Å². The summed E-state index contributed by atoms with van der Waals surface area (Å²) < 4.78 is 54.1. The molecule has 0 saturated carbocycles. The van der Waals surface area contributed by atoms with Crippen LogP contribution in [0.2, 0.25) is 0 Å². The van der Waals surface area contributed by atoms with Crippen molar-refractivity contribution in [2.75, 3.05) is 44.3 Å². The molecule has 0 amide bonds. The smallest absolute Gasteiger partial charge is 0.243 e. The van der Waals surface area contributed by atoms with Crippen LogP contribution < -0.4 is 14.4 Å². The van der Waals surface area contributed by atoms with Gasteiger partial charge in [0.25, 0.3) is 0 Å². The van der Waals surface area contributed by atoms with Crippen LogP contribution in [0.4, 0.5) is 10.2 Å². The van der Waals surface area contributed by atoms with E-state index >= 15 is 0 Å². The van der Waals surface area contributed by atoms with E-state index in [4.69, 9.17) is 9.47 Å². The van der Waals surface area contributed by atoms with Crippen molar-refractivity contribution in [2.24, 2.45) is 0 Å². The second-order valence-corrected chi connectivity index (χ2v) is 9.99. The van der Waals surface area contributed by atoms with Crippen molar-refractivity contribution in [3.8, 4) is 17.2 Å². The summed E-state index contributed by atoms with van der Waals surface area (Å²) in [5.41, 5.74) is 1.39. The van der Waals surface area contributed by atoms with Gasteiger partial charge in [-0.3, -0.25) is 0 Å². The molecule has 1 fully saturated rings. The minimum Gasteiger partial charge on any atom is -0.486 e. The Morgan fingerprint density at radius 1 is 0.914 bits per heavy atom. The summed E-state index contributed by atoms with van der Waals surface area (Å²) in [6.45, 7) is 2.16. The highest BCUT2D eigenvalue weighted by molar-refractivity contribution is 7.89. The molecule has 0 bridgehead atoms. The fourth-order valence-electron chi connectivity index (χ4n) is 4.22. The molecule has 2 aliphatic heterocycles. The molecule has 6 rings (SSSR count). The largest absolute Gasteiger partial charge is 0.486 e. The Bertz CT molecular complexity index is 1520. The molecule has 35 heavy (non-hydrogen) atoms. The highest BCUT2D eigenvalue weighted by Gasteiger charge is 2.31. The molecule has 0 N–H and O–H groups in total. The Labute approximate surface area is 199 Å². The maximum Gasteiger partial charge on any atom is 0.243 e. The Hall–Kier alpha value is -3.84. The average Bonchev–Trinajstić information content (AvgIpc) is 3.33. The number of aromatic nitrogens is 5. The first-order valence-corrected chi connectivity index (χ1v) is 12.4. The van der Waals surface area contributed by atoms with Crippen LogP contribution in [0.15, 0.2) is 53.7 Å². The number of anilines is 1. The molecule has 11 nitrogen and oxygen atoms in total. The van der Waals surface area contributed by atoms with Gasteiger partial charge in [0.05, 0.1) is 10.6 Å². The number of benzene rings is 2. The molecule has 0 unspecified atom stereocenters. The van der Waals surface area contributed by atoms with Crippen LogP contribution in [0, 0.1) is 5.82 Å². The van der Waals surface area contributed by atoms with Gasteiger partial charge in [0.2, 0.25) is 10.0 Å². The zero-order valence-corrected chi connectivity index (χ0v) is 19.2. The molecule has 13 heteroatoms. The van der Waals surface area contributed by atoms with E-state index in [1.807, 2.05) is 4.90 Å². The van der Waals surface area contributed by atoms with Crippen LogP contribution in [-0.2, 0) is 10.0 Å². The predicted molar refractivity (Wildman–Crippen MR) is 123 cm³/mol. The first-order chi connectivity index (χ1) is 17.0. The zero-order valence-electron chi connectivity index (χ0n) is 18.4. The van der Waals surface area contributed by atoms with Crippen LogP contribution >= 0.6 is 0 Å². The van der Waals surface area contributed by atoms with Crippen LogP contribution in [0.3, 0.4) is 0 Å². The summed E-state index contributed by atoms with van der Waals surface area (Å²) in [6.07, 6.45) is 1.40. The molecule has 180 valence electrons. The van der Waals surface area contributed by atoms with Crippen LogP contribution in [0.25, 0.3) is 16.9 Å². The number of fused-ring (bicyclic) bond motifs is 2.